The van der Waals surface area contributed by atoms with Gasteiger partial charge in [0.2, 0.25) is 5.16 Å². The molecule has 0 saturated heterocycles. The summed E-state index contributed by atoms with van der Waals surface area (Å²) in [6, 6.07) is 12.2. The first-order valence-corrected chi connectivity index (χ1v) is 9.37. The molecule has 6 nitrogen and oxygen atoms in total. The van der Waals surface area contributed by atoms with Crippen molar-refractivity contribution < 1.29 is 13.9 Å². The monoisotopic (exact) mass is 438 g/mol. The molecule has 0 amide bonds. The van der Waals surface area contributed by atoms with E-state index in [9.17, 15) is 4.39 Å². The number of aromatic nitrogens is 3. The number of thioether (sulfide) groups is 1. The number of nitrogens with zero attached hydrogens (tertiary/aromatic N) is 3. The lowest BCUT2D eigenvalue weighted by molar-refractivity contribution is 0.289. The van der Waals surface area contributed by atoms with Crippen molar-refractivity contribution in [1.29, 1.82) is 0 Å². The zero-order chi connectivity index (χ0) is 18.5. The van der Waals surface area contributed by atoms with E-state index in [1.54, 1.807) is 25.3 Å². The molecule has 0 aliphatic heterocycles. The summed E-state index contributed by atoms with van der Waals surface area (Å²) in [5, 5.41) is 8.55. The Bertz CT molecular complexity index is 906. The SMILES string of the molecule is COc1cccc(OCc2nnc(SCc3ccc(Br)cc3F)n2N)c1. The van der Waals surface area contributed by atoms with Crippen molar-refractivity contribution in [2.24, 2.45) is 0 Å². The van der Waals surface area contributed by atoms with Crippen LogP contribution in [0.25, 0.3) is 0 Å². The van der Waals surface area contributed by atoms with Gasteiger partial charge in [0.25, 0.3) is 0 Å². The summed E-state index contributed by atoms with van der Waals surface area (Å²) in [4.78, 5) is 0. The number of nitrogens with two attached hydrogens (primary N) is 1. The molecule has 0 aliphatic carbocycles. The lowest BCUT2D eigenvalue weighted by Crippen LogP contribution is -2.15. The number of hydrogen-bond acceptors (Lipinski definition) is 6. The fourth-order valence-corrected chi connectivity index (χ4v) is 3.32. The van der Waals surface area contributed by atoms with E-state index in [0.29, 0.717) is 38.3 Å². The Kier molecular flexibility index (Phi) is 6.00. The van der Waals surface area contributed by atoms with E-state index < -0.39 is 0 Å². The lowest BCUT2D eigenvalue weighted by atomic mass is 10.2. The van der Waals surface area contributed by atoms with Crippen LogP contribution in [0, 0.1) is 5.82 Å². The van der Waals surface area contributed by atoms with E-state index in [1.807, 2.05) is 18.2 Å². The summed E-state index contributed by atoms with van der Waals surface area (Å²) in [6.45, 7) is 0.157. The van der Waals surface area contributed by atoms with E-state index >= 15 is 0 Å². The summed E-state index contributed by atoms with van der Waals surface area (Å²) < 4.78 is 26.7. The van der Waals surface area contributed by atoms with Crippen LogP contribution < -0.4 is 15.3 Å². The zero-order valence-electron chi connectivity index (χ0n) is 13.9. The van der Waals surface area contributed by atoms with Crippen LogP contribution in [0.2, 0.25) is 0 Å². The average molecular weight is 439 g/mol. The van der Waals surface area contributed by atoms with Gasteiger partial charge in [-0.15, -0.1) is 10.2 Å². The molecule has 0 atom stereocenters. The molecule has 1 aromatic heterocycles. The van der Waals surface area contributed by atoms with Crippen LogP contribution in [0.15, 0.2) is 52.1 Å². The predicted molar refractivity (Wildman–Crippen MR) is 101 cm³/mol. The molecule has 0 unspecified atom stereocenters. The van der Waals surface area contributed by atoms with Crippen LogP contribution in [0.4, 0.5) is 4.39 Å². The van der Waals surface area contributed by atoms with Gasteiger partial charge in [-0.3, -0.25) is 0 Å². The molecule has 0 saturated carbocycles. The molecule has 0 aliphatic rings. The first-order chi connectivity index (χ1) is 12.6. The van der Waals surface area contributed by atoms with Crippen molar-refractivity contribution in [3.05, 3.63) is 64.1 Å². The molecular weight excluding hydrogens is 423 g/mol. The van der Waals surface area contributed by atoms with Crippen LogP contribution in [-0.2, 0) is 12.4 Å². The molecule has 0 fully saturated rings. The summed E-state index contributed by atoms with van der Waals surface area (Å²) >= 11 is 4.54. The number of halogens is 2. The van der Waals surface area contributed by atoms with Crippen molar-refractivity contribution in [3.8, 4) is 11.5 Å². The molecule has 1 heterocycles. The van der Waals surface area contributed by atoms with Gasteiger partial charge in [-0.05, 0) is 29.8 Å². The van der Waals surface area contributed by atoms with Crippen molar-refractivity contribution >= 4 is 27.7 Å². The van der Waals surface area contributed by atoms with Gasteiger partial charge in [-0.1, -0.05) is 39.8 Å². The topological polar surface area (TPSA) is 75.2 Å². The second-order valence-electron chi connectivity index (χ2n) is 5.26. The highest BCUT2D eigenvalue weighted by molar-refractivity contribution is 9.10. The molecule has 3 aromatic rings. The number of nitrogen functional groups attached to an aromatic ring is 1. The van der Waals surface area contributed by atoms with Gasteiger partial charge in [-0.25, -0.2) is 9.07 Å². The Morgan fingerprint density at radius 2 is 2.00 bits per heavy atom. The molecule has 3 rings (SSSR count). The van der Waals surface area contributed by atoms with Crippen LogP contribution in [-0.4, -0.2) is 22.0 Å². The maximum absolute atomic E-state index is 13.9. The number of rotatable bonds is 7. The van der Waals surface area contributed by atoms with Crippen LogP contribution in [0.1, 0.15) is 11.4 Å². The fourth-order valence-electron chi connectivity index (χ4n) is 2.12. The van der Waals surface area contributed by atoms with Crippen LogP contribution in [0.3, 0.4) is 0 Å². The van der Waals surface area contributed by atoms with Gasteiger partial charge in [-0.2, -0.15) is 0 Å². The summed E-state index contributed by atoms with van der Waals surface area (Å²) in [5.41, 5.74) is 0.565. The second-order valence-corrected chi connectivity index (χ2v) is 7.12. The van der Waals surface area contributed by atoms with Gasteiger partial charge < -0.3 is 15.3 Å². The fraction of sp³-hybridized carbons (Fsp3) is 0.176. The number of hydrogen-bond donors (Lipinski definition) is 1. The lowest BCUT2D eigenvalue weighted by Gasteiger charge is -2.08. The first-order valence-electron chi connectivity index (χ1n) is 7.60. The third-order valence-electron chi connectivity index (χ3n) is 3.52. The third-order valence-corrected chi connectivity index (χ3v) is 5.00. The summed E-state index contributed by atoms with van der Waals surface area (Å²) in [7, 11) is 1.59. The highest BCUT2D eigenvalue weighted by Crippen LogP contribution is 2.24. The molecule has 26 heavy (non-hydrogen) atoms. The Balaban J connectivity index is 1.62. The Labute approximate surface area is 162 Å². The van der Waals surface area contributed by atoms with E-state index in [0.717, 1.165) is 0 Å². The smallest absolute Gasteiger partial charge is 0.210 e. The van der Waals surface area contributed by atoms with E-state index in [-0.39, 0.29) is 12.4 Å². The average Bonchev–Trinajstić information content (AvgIpc) is 2.99. The quantitative estimate of drug-likeness (QED) is 0.446. The first kappa shape index (κ1) is 18.5. The Morgan fingerprint density at radius 3 is 2.77 bits per heavy atom. The van der Waals surface area contributed by atoms with Crippen LogP contribution in [0.5, 0.6) is 11.5 Å². The van der Waals surface area contributed by atoms with E-state index in [2.05, 4.69) is 26.1 Å². The van der Waals surface area contributed by atoms with Gasteiger partial charge in [0.15, 0.2) is 5.82 Å². The van der Waals surface area contributed by atoms with Gasteiger partial charge in [0.05, 0.1) is 7.11 Å². The van der Waals surface area contributed by atoms with Crippen molar-refractivity contribution in [1.82, 2.24) is 14.9 Å². The van der Waals surface area contributed by atoms with E-state index in [4.69, 9.17) is 15.3 Å². The Morgan fingerprint density at radius 1 is 1.19 bits per heavy atom. The number of methoxy groups -OCH3 is 1. The van der Waals surface area contributed by atoms with Crippen molar-refractivity contribution in [2.45, 2.75) is 17.5 Å². The maximum atomic E-state index is 13.9. The standard InChI is InChI=1S/C17H16BrFN4O2S/c1-24-13-3-2-4-14(8-13)25-9-16-21-22-17(23(16)20)26-10-11-5-6-12(18)7-15(11)19/h2-8H,9-10,20H2,1H3. The predicted octanol–water partition coefficient (Wildman–Crippen LogP) is 3.77. The molecule has 0 spiro atoms. The third kappa shape index (κ3) is 4.47. The van der Waals surface area contributed by atoms with Gasteiger partial charge >= 0.3 is 0 Å². The second kappa shape index (κ2) is 8.41. The normalized spacial score (nSPS) is 10.7. The van der Waals surface area contributed by atoms with Crippen molar-refractivity contribution in [2.75, 3.05) is 13.0 Å². The molecule has 0 radical (unpaired) electrons. The zero-order valence-corrected chi connectivity index (χ0v) is 16.3. The molecular formula is C17H16BrFN4O2S. The molecule has 0 bridgehead atoms. The van der Waals surface area contributed by atoms with Gasteiger partial charge in [0.1, 0.15) is 23.9 Å². The molecule has 2 aromatic carbocycles. The molecule has 136 valence electrons. The minimum atomic E-state index is -0.281. The minimum absolute atomic E-state index is 0.157. The summed E-state index contributed by atoms with van der Waals surface area (Å²) in [6.07, 6.45) is 0. The van der Waals surface area contributed by atoms with Crippen LogP contribution >= 0.6 is 27.7 Å². The number of benzene rings is 2. The largest absolute Gasteiger partial charge is 0.497 e. The van der Waals surface area contributed by atoms with Crippen molar-refractivity contribution in [3.63, 3.8) is 0 Å². The maximum Gasteiger partial charge on any atom is 0.210 e. The highest BCUT2D eigenvalue weighted by Gasteiger charge is 2.12. The van der Waals surface area contributed by atoms with E-state index in [1.165, 1.54) is 22.5 Å². The van der Waals surface area contributed by atoms with Gasteiger partial charge in [0, 0.05) is 16.3 Å². The highest BCUT2D eigenvalue weighted by atomic mass is 79.9. The molecule has 2 N–H and O–H groups in total. The Hall–Kier alpha value is -2.26. The summed E-state index contributed by atoms with van der Waals surface area (Å²) in [5.74, 6) is 7.93. The minimum Gasteiger partial charge on any atom is -0.497 e. The number of ether oxygens (including phenoxy) is 2. The molecule has 9 heteroatoms.